The summed E-state index contributed by atoms with van der Waals surface area (Å²) in [5, 5.41) is 12.9. The predicted molar refractivity (Wildman–Crippen MR) is 85.9 cm³/mol. The maximum atomic E-state index is 11.8. The highest BCUT2D eigenvalue weighted by Gasteiger charge is 2.22. The van der Waals surface area contributed by atoms with Crippen LogP contribution in [0.2, 0.25) is 0 Å². The van der Waals surface area contributed by atoms with E-state index in [0.29, 0.717) is 11.6 Å². The molecule has 3 rings (SSSR count). The molecule has 1 fully saturated rings. The monoisotopic (exact) mass is 302 g/mol. The fraction of sp³-hybridized carbons (Fsp3) is 0.500. The summed E-state index contributed by atoms with van der Waals surface area (Å²) in [6, 6.07) is 6.22. The number of aliphatic hydroxyl groups excluding tert-OH is 1. The van der Waals surface area contributed by atoms with E-state index in [1.807, 2.05) is 13.0 Å². The fourth-order valence-electron chi connectivity index (χ4n) is 3.28. The SMILES string of the molecule is Cc1cc2oc(=O)cc(C[NH2+]C3CCC(O)CC3)c2cc1C. The van der Waals surface area contributed by atoms with Crippen LogP contribution >= 0.6 is 0 Å². The van der Waals surface area contributed by atoms with E-state index in [4.69, 9.17) is 4.42 Å². The van der Waals surface area contributed by atoms with Crippen LogP contribution in [-0.4, -0.2) is 17.3 Å². The van der Waals surface area contributed by atoms with Crippen molar-refractivity contribution in [3.63, 3.8) is 0 Å². The van der Waals surface area contributed by atoms with Crippen molar-refractivity contribution in [1.82, 2.24) is 0 Å². The van der Waals surface area contributed by atoms with Crippen LogP contribution in [0.15, 0.2) is 27.4 Å². The van der Waals surface area contributed by atoms with Gasteiger partial charge in [0.15, 0.2) is 0 Å². The molecule has 22 heavy (non-hydrogen) atoms. The largest absolute Gasteiger partial charge is 0.423 e. The van der Waals surface area contributed by atoms with Gasteiger partial charge >= 0.3 is 5.63 Å². The Bertz CT molecular complexity index is 727. The van der Waals surface area contributed by atoms with E-state index in [1.54, 1.807) is 6.07 Å². The summed E-state index contributed by atoms with van der Waals surface area (Å²) in [6.45, 7) is 4.89. The minimum atomic E-state index is -0.279. The Morgan fingerprint density at radius 3 is 2.55 bits per heavy atom. The maximum absolute atomic E-state index is 11.8. The van der Waals surface area contributed by atoms with E-state index >= 15 is 0 Å². The van der Waals surface area contributed by atoms with Crippen LogP contribution in [0.4, 0.5) is 0 Å². The third kappa shape index (κ3) is 3.23. The van der Waals surface area contributed by atoms with Crippen molar-refractivity contribution in [1.29, 1.82) is 0 Å². The smallest absolute Gasteiger partial charge is 0.336 e. The van der Waals surface area contributed by atoms with Crippen LogP contribution in [0.25, 0.3) is 11.0 Å². The molecule has 1 heterocycles. The number of hydrogen-bond donors (Lipinski definition) is 2. The molecule has 0 aliphatic heterocycles. The Balaban J connectivity index is 1.83. The lowest BCUT2D eigenvalue weighted by atomic mass is 9.93. The lowest BCUT2D eigenvalue weighted by Gasteiger charge is -2.23. The minimum Gasteiger partial charge on any atom is -0.423 e. The Morgan fingerprint density at radius 1 is 1.14 bits per heavy atom. The second-order valence-corrected chi connectivity index (χ2v) is 6.53. The molecule has 1 saturated carbocycles. The van der Waals surface area contributed by atoms with Crippen molar-refractivity contribution in [3.8, 4) is 0 Å². The molecular formula is C18H24NO3+. The van der Waals surface area contributed by atoms with Gasteiger partial charge in [0.2, 0.25) is 0 Å². The van der Waals surface area contributed by atoms with Crippen LogP contribution in [0.3, 0.4) is 0 Å². The van der Waals surface area contributed by atoms with Crippen LogP contribution in [0.5, 0.6) is 0 Å². The van der Waals surface area contributed by atoms with Crippen LogP contribution < -0.4 is 10.9 Å². The summed E-state index contributed by atoms with van der Waals surface area (Å²) < 4.78 is 5.34. The molecule has 1 aromatic carbocycles. The van der Waals surface area contributed by atoms with Crippen molar-refractivity contribution in [2.45, 2.75) is 58.2 Å². The summed E-state index contributed by atoms with van der Waals surface area (Å²) in [5.74, 6) is 0. The molecule has 2 aromatic rings. The number of fused-ring (bicyclic) bond motifs is 1. The topological polar surface area (TPSA) is 67.0 Å². The van der Waals surface area contributed by atoms with Crippen molar-refractivity contribution < 1.29 is 14.8 Å². The molecule has 0 bridgehead atoms. The van der Waals surface area contributed by atoms with Gasteiger partial charge in [0.25, 0.3) is 0 Å². The molecule has 0 atom stereocenters. The maximum Gasteiger partial charge on any atom is 0.336 e. The van der Waals surface area contributed by atoms with Gasteiger partial charge in [-0.3, -0.25) is 0 Å². The van der Waals surface area contributed by atoms with E-state index in [1.165, 1.54) is 5.56 Å². The molecule has 4 heteroatoms. The standard InChI is InChI=1S/C18H23NO3/c1-11-7-16-13(9-18(21)22-17(16)8-12(11)2)10-19-14-3-5-15(20)6-4-14/h7-9,14-15,19-20H,3-6,10H2,1-2H3/p+1. The number of aliphatic hydroxyl groups is 1. The molecule has 0 saturated heterocycles. The summed E-state index contributed by atoms with van der Waals surface area (Å²) in [5.41, 5.74) is 3.79. The van der Waals surface area contributed by atoms with Gasteiger partial charge < -0.3 is 14.8 Å². The fourth-order valence-corrected chi connectivity index (χ4v) is 3.28. The number of benzene rings is 1. The molecule has 1 aliphatic rings. The average Bonchev–Trinajstić information content (AvgIpc) is 2.48. The highest BCUT2D eigenvalue weighted by Crippen LogP contribution is 2.21. The second kappa shape index (κ2) is 6.23. The summed E-state index contributed by atoms with van der Waals surface area (Å²) in [7, 11) is 0. The molecule has 0 radical (unpaired) electrons. The molecule has 4 nitrogen and oxygen atoms in total. The molecule has 3 N–H and O–H groups in total. The number of aryl methyl sites for hydroxylation is 2. The lowest BCUT2D eigenvalue weighted by molar-refractivity contribution is -0.707. The quantitative estimate of drug-likeness (QED) is 0.849. The van der Waals surface area contributed by atoms with Gasteiger partial charge in [-0.25, -0.2) is 4.79 Å². The van der Waals surface area contributed by atoms with E-state index in [-0.39, 0.29) is 11.7 Å². The van der Waals surface area contributed by atoms with Gasteiger partial charge in [0.1, 0.15) is 12.1 Å². The zero-order chi connectivity index (χ0) is 15.7. The first-order chi connectivity index (χ1) is 10.5. The van der Waals surface area contributed by atoms with Gasteiger partial charge in [-0.2, -0.15) is 0 Å². The number of nitrogens with two attached hydrogens (primary N) is 1. The molecular weight excluding hydrogens is 278 g/mol. The first-order valence-corrected chi connectivity index (χ1v) is 8.08. The second-order valence-electron chi connectivity index (χ2n) is 6.53. The van der Waals surface area contributed by atoms with Crippen LogP contribution in [0.1, 0.15) is 42.4 Å². The van der Waals surface area contributed by atoms with E-state index in [0.717, 1.165) is 48.7 Å². The molecule has 0 spiro atoms. The normalized spacial score (nSPS) is 22.1. The van der Waals surface area contributed by atoms with Crippen molar-refractivity contribution in [2.75, 3.05) is 0 Å². The lowest BCUT2D eigenvalue weighted by Crippen LogP contribution is -2.89. The highest BCUT2D eigenvalue weighted by atomic mass is 16.4. The first-order valence-electron chi connectivity index (χ1n) is 8.08. The van der Waals surface area contributed by atoms with Gasteiger partial charge in [-0.1, -0.05) is 0 Å². The van der Waals surface area contributed by atoms with Gasteiger partial charge in [0.05, 0.1) is 12.1 Å². The Morgan fingerprint density at radius 2 is 1.82 bits per heavy atom. The Labute approximate surface area is 130 Å². The zero-order valence-electron chi connectivity index (χ0n) is 13.3. The third-order valence-corrected chi connectivity index (χ3v) is 4.86. The molecule has 1 aliphatic carbocycles. The third-order valence-electron chi connectivity index (χ3n) is 4.86. The number of hydrogen-bond acceptors (Lipinski definition) is 3. The summed E-state index contributed by atoms with van der Waals surface area (Å²) >= 11 is 0. The highest BCUT2D eigenvalue weighted by molar-refractivity contribution is 5.81. The Kier molecular flexibility index (Phi) is 4.32. The van der Waals surface area contributed by atoms with E-state index in [9.17, 15) is 9.90 Å². The summed E-state index contributed by atoms with van der Waals surface area (Å²) in [4.78, 5) is 11.8. The zero-order valence-corrected chi connectivity index (χ0v) is 13.3. The van der Waals surface area contributed by atoms with Crippen LogP contribution in [-0.2, 0) is 6.54 Å². The van der Waals surface area contributed by atoms with Crippen molar-refractivity contribution in [2.24, 2.45) is 0 Å². The molecule has 1 aromatic heterocycles. The average molecular weight is 302 g/mol. The van der Waals surface area contributed by atoms with Crippen molar-refractivity contribution >= 4 is 11.0 Å². The first kappa shape index (κ1) is 15.3. The van der Waals surface area contributed by atoms with E-state index < -0.39 is 0 Å². The predicted octanol–water partition coefficient (Wildman–Crippen LogP) is 1.78. The van der Waals surface area contributed by atoms with Gasteiger partial charge in [0, 0.05) is 29.9 Å². The van der Waals surface area contributed by atoms with Gasteiger partial charge in [-0.05, 0) is 49.9 Å². The minimum absolute atomic E-state index is 0.125. The number of quaternary nitrogens is 1. The summed E-state index contributed by atoms with van der Waals surface area (Å²) in [6.07, 6.45) is 3.73. The number of rotatable bonds is 3. The molecule has 118 valence electrons. The van der Waals surface area contributed by atoms with Crippen molar-refractivity contribution in [3.05, 3.63) is 45.3 Å². The van der Waals surface area contributed by atoms with Crippen LogP contribution in [0, 0.1) is 13.8 Å². The Hall–Kier alpha value is -1.65. The molecule has 0 amide bonds. The molecule has 0 unspecified atom stereocenters. The van der Waals surface area contributed by atoms with Gasteiger partial charge in [-0.15, -0.1) is 0 Å². The van der Waals surface area contributed by atoms with E-state index in [2.05, 4.69) is 18.3 Å².